The number of aromatic carboxylic acids is 1. The van der Waals surface area contributed by atoms with Crippen LogP contribution in [0.2, 0.25) is 0 Å². The Morgan fingerprint density at radius 3 is 2.74 bits per heavy atom. The van der Waals surface area contributed by atoms with Crippen molar-refractivity contribution in [1.82, 2.24) is 4.98 Å². The van der Waals surface area contributed by atoms with E-state index in [4.69, 9.17) is 4.74 Å². The average Bonchev–Trinajstić information content (AvgIpc) is 2.75. The molecule has 0 atom stereocenters. The van der Waals surface area contributed by atoms with Crippen LogP contribution < -0.4 is 0 Å². The lowest BCUT2D eigenvalue weighted by Crippen LogP contribution is -2.07. The van der Waals surface area contributed by atoms with Gasteiger partial charge in [-0.3, -0.25) is 4.79 Å². The molecule has 1 aromatic heterocycles. The summed E-state index contributed by atoms with van der Waals surface area (Å²) < 4.78 is 4.86. The highest BCUT2D eigenvalue weighted by atomic mass is 16.5. The number of aryl methyl sites for hydroxylation is 1. The van der Waals surface area contributed by atoms with Crippen LogP contribution in [-0.2, 0) is 16.0 Å². The Bertz CT molecular complexity index is 615. The molecule has 5 heteroatoms. The summed E-state index contributed by atoms with van der Waals surface area (Å²) in [6, 6.07) is 7.34. The Morgan fingerprint density at radius 1 is 1.32 bits per heavy atom. The van der Waals surface area contributed by atoms with Gasteiger partial charge in [-0.15, -0.1) is 0 Å². The van der Waals surface area contributed by atoms with Crippen LogP contribution in [-0.4, -0.2) is 28.6 Å². The molecule has 0 bridgehead atoms. The van der Waals surface area contributed by atoms with Crippen LogP contribution in [0.3, 0.4) is 0 Å². The fourth-order valence-corrected chi connectivity index (χ4v) is 2.10. The zero-order chi connectivity index (χ0) is 13.8. The first-order valence-electron chi connectivity index (χ1n) is 6.12. The molecule has 2 rings (SSSR count). The molecule has 0 saturated heterocycles. The molecule has 19 heavy (non-hydrogen) atoms. The Balaban J connectivity index is 2.31. The number of fused-ring (bicyclic) bond motifs is 1. The van der Waals surface area contributed by atoms with Crippen molar-refractivity contribution in [3.63, 3.8) is 0 Å². The molecule has 2 N–H and O–H groups in total. The normalized spacial score (nSPS) is 10.6. The summed E-state index contributed by atoms with van der Waals surface area (Å²) in [4.78, 5) is 25.5. The Hall–Kier alpha value is -2.30. The first-order chi connectivity index (χ1) is 9.13. The van der Waals surface area contributed by atoms with Crippen molar-refractivity contribution in [2.24, 2.45) is 0 Å². The maximum Gasteiger partial charge on any atom is 0.352 e. The van der Waals surface area contributed by atoms with Crippen molar-refractivity contribution >= 4 is 22.8 Å². The summed E-state index contributed by atoms with van der Waals surface area (Å²) in [5.74, 6) is -1.33. The zero-order valence-electron chi connectivity index (χ0n) is 10.6. The van der Waals surface area contributed by atoms with Gasteiger partial charge in [-0.25, -0.2) is 4.79 Å². The van der Waals surface area contributed by atoms with E-state index in [2.05, 4.69) is 4.98 Å². The lowest BCUT2D eigenvalue weighted by Gasteiger charge is -2.02. The molecular weight excluding hydrogens is 246 g/mol. The minimum absolute atomic E-state index is 0.144. The van der Waals surface area contributed by atoms with E-state index in [0.29, 0.717) is 18.6 Å². The number of esters is 1. The standard InChI is InChI=1S/C14H15NO4/c1-2-19-12(16)8-7-10-9-5-3-4-6-11(9)15-13(10)14(17)18/h3-6,15H,2,7-8H2,1H3,(H,17,18). The summed E-state index contributed by atoms with van der Waals surface area (Å²) in [5.41, 5.74) is 1.56. The highest BCUT2D eigenvalue weighted by Crippen LogP contribution is 2.23. The summed E-state index contributed by atoms with van der Waals surface area (Å²) in [6.45, 7) is 2.07. The van der Waals surface area contributed by atoms with Crippen LogP contribution in [0.5, 0.6) is 0 Å². The summed E-state index contributed by atoms with van der Waals surface area (Å²) in [6.07, 6.45) is 0.528. The van der Waals surface area contributed by atoms with Crippen LogP contribution in [0.1, 0.15) is 29.4 Å². The number of hydrogen-bond acceptors (Lipinski definition) is 3. The van der Waals surface area contributed by atoms with Crippen molar-refractivity contribution < 1.29 is 19.4 Å². The monoisotopic (exact) mass is 261 g/mol. The number of carboxylic acid groups (broad SMARTS) is 1. The molecule has 0 aliphatic carbocycles. The van der Waals surface area contributed by atoms with Gasteiger partial charge in [0.25, 0.3) is 0 Å². The number of aromatic amines is 1. The van der Waals surface area contributed by atoms with Gasteiger partial charge in [-0.2, -0.15) is 0 Å². The fourth-order valence-electron chi connectivity index (χ4n) is 2.10. The molecule has 0 saturated carbocycles. The van der Waals surface area contributed by atoms with Gasteiger partial charge in [0.15, 0.2) is 0 Å². The lowest BCUT2D eigenvalue weighted by molar-refractivity contribution is -0.143. The first kappa shape index (κ1) is 13.1. The zero-order valence-corrected chi connectivity index (χ0v) is 10.6. The number of ether oxygens (including phenoxy) is 1. The Morgan fingerprint density at radius 2 is 2.05 bits per heavy atom. The number of H-pyrrole nitrogens is 1. The minimum atomic E-state index is -1.02. The maximum atomic E-state index is 11.4. The largest absolute Gasteiger partial charge is 0.477 e. The maximum absolute atomic E-state index is 11.4. The number of carboxylic acids is 1. The van der Waals surface area contributed by atoms with E-state index in [1.54, 1.807) is 6.92 Å². The van der Waals surface area contributed by atoms with Crippen molar-refractivity contribution in [3.05, 3.63) is 35.5 Å². The molecule has 1 aromatic carbocycles. The van der Waals surface area contributed by atoms with Gasteiger partial charge >= 0.3 is 11.9 Å². The van der Waals surface area contributed by atoms with Gasteiger partial charge in [-0.1, -0.05) is 18.2 Å². The molecular formula is C14H15NO4. The van der Waals surface area contributed by atoms with Gasteiger partial charge in [-0.05, 0) is 25.0 Å². The van der Waals surface area contributed by atoms with Crippen molar-refractivity contribution in [2.45, 2.75) is 19.8 Å². The van der Waals surface area contributed by atoms with E-state index >= 15 is 0 Å². The third kappa shape index (κ3) is 2.76. The molecule has 0 unspecified atom stereocenters. The molecule has 0 radical (unpaired) electrons. The Labute approximate surface area is 110 Å². The third-order valence-electron chi connectivity index (χ3n) is 2.91. The number of carbonyl (C=O) groups excluding carboxylic acids is 1. The van der Waals surface area contributed by atoms with E-state index in [1.807, 2.05) is 24.3 Å². The quantitative estimate of drug-likeness (QED) is 0.810. The second kappa shape index (κ2) is 5.56. The molecule has 2 aromatic rings. The van der Waals surface area contributed by atoms with Gasteiger partial charge < -0.3 is 14.8 Å². The first-order valence-corrected chi connectivity index (χ1v) is 6.12. The van der Waals surface area contributed by atoms with Gasteiger partial charge in [0, 0.05) is 17.3 Å². The molecule has 0 spiro atoms. The number of aromatic nitrogens is 1. The summed E-state index contributed by atoms with van der Waals surface area (Å²) in [5, 5.41) is 10.0. The van der Waals surface area contributed by atoms with E-state index in [9.17, 15) is 14.7 Å². The number of nitrogens with one attached hydrogen (secondary N) is 1. The number of para-hydroxylation sites is 1. The number of benzene rings is 1. The highest BCUT2D eigenvalue weighted by molar-refractivity contribution is 5.97. The number of rotatable bonds is 5. The summed E-state index contributed by atoms with van der Waals surface area (Å²) >= 11 is 0. The minimum Gasteiger partial charge on any atom is -0.477 e. The van der Waals surface area contributed by atoms with Crippen LogP contribution >= 0.6 is 0 Å². The molecule has 0 aliphatic heterocycles. The fraction of sp³-hybridized carbons (Fsp3) is 0.286. The molecule has 1 heterocycles. The van der Waals surface area contributed by atoms with E-state index in [0.717, 1.165) is 10.9 Å². The lowest BCUT2D eigenvalue weighted by atomic mass is 10.1. The molecule has 5 nitrogen and oxygen atoms in total. The number of hydrogen-bond donors (Lipinski definition) is 2. The Kier molecular flexibility index (Phi) is 3.85. The second-order valence-electron chi connectivity index (χ2n) is 4.13. The van der Waals surface area contributed by atoms with Crippen molar-refractivity contribution in [3.8, 4) is 0 Å². The molecule has 0 amide bonds. The van der Waals surface area contributed by atoms with Gasteiger partial charge in [0.05, 0.1) is 6.61 Å². The van der Waals surface area contributed by atoms with Crippen LogP contribution in [0.4, 0.5) is 0 Å². The van der Waals surface area contributed by atoms with E-state index < -0.39 is 5.97 Å². The highest BCUT2D eigenvalue weighted by Gasteiger charge is 2.17. The second-order valence-corrected chi connectivity index (χ2v) is 4.13. The predicted octanol–water partition coefficient (Wildman–Crippen LogP) is 2.36. The summed E-state index contributed by atoms with van der Waals surface area (Å²) in [7, 11) is 0. The van der Waals surface area contributed by atoms with Gasteiger partial charge in [0.1, 0.15) is 5.69 Å². The van der Waals surface area contributed by atoms with Crippen molar-refractivity contribution in [1.29, 1.82) is 0 Å². The number of carbonyl (C=O) groups is 2. The van der Waals surface area contributed by atoms with E-state index in [1.165, 1.54) is 0 Å². The van der Waals surface area contributed by atoms with Crippen LogP contribution in [0.25, 0.3) is 10.9 Å². The van der Waals surface area contributed by atoms with Crippen molar-refractivity contribution in [2.75, 3.05) is 6.61 Å². The van der Waals surface area contributed by atoms with Crippen LogP contribution in [0.15, 0.2) is 24.3 Å². The smallest absolute Gasteiger partial charge is 0.352 e. The molecule has 100 valence electrons. The average molecular weight is 261 g/mol. The molecule has 0 aliphatic rings. The van der Waals surface area contributed by atoms with Gasteiger partial charge in [0.2, 0.25) is 0 Å². The molecule has 0 fully saturated rings. The SMILES string of the molecule is CCOC(=O)CCc1c(C(=O)O)[nH]c2ccccc12. The predicted molar refractivity (Wildman–Crippen MR) is 70.2 cm³/mol. The van der Waals surface area contributed by atoms with Crippen LogP contribution in [0, 0.1) is 0 Å². The van der Waals surface area contributed by atoms with E-state index in [-0.39, 0.29) is 18.1 Å². The third-order valence-corrected chi connectivity index (χ3v) is 2.91. The topological polar surface area (TPSA) is 79.4 Å².